The molecular weight excluding hydrogens is 311 g/mol. The average Bonchev–Trinajstić information content (AvgIpc) is 2.48. The van der Waals surface area contributed by atoms with E-state index in [2.05, 4.69) is 13.8 Å². The molecular formula is C17H21OZr-. The van der Waals surface area contributed by atoms with E-state index in [1.807, 2.05) is 60.7 Å². The van der Waals surface area contributed by atoms with Gasteiger partial charge in [-0.25, -0.2) is 0 Å². The maximum absolute atomic E-state index is 9.99. The largest absolute Gasteiger partial charge is 0.384 e. The van der Waals surface area contributed by atoms with E-state index in [9.17, 15) is 5.11 Å². The zero-order valence-corrected chi connectivity index (χ0v) is 13.9. The van der Waals surface area contributed by atoms with E-state index < -0.39 is 6.10 Å². The fourth-order valence-electron chi connectivity index (χ4n) is 1.46. The third kappa shape index (κ3) is 6.85. The van der Waals surface area contributed by atoms with Gasteiger partial charge in [-0.1, -0.05) is 74.0 Å². The summed E-state index contributed by atoms with van der Waals surface area (Å²) in [5, 5.41) is 9.99. The van der Waals surface area contributed by atoms with Crippen LogP contribution in [0.2, 0.25) is 0 Å². The normalized spacial score (nSPS) is 9.26. The first-order valence-electron chi connectivity index (χ1n) is 6.36. The van der Waals surface area contributed by atoms with E-state index in [0.717, 1.165) is 17.5 Å². The van der Waals surface area contributed by atoms with Crippen molar-refractivity contribution in [2.24, 2.45) is 0 Å². The van der Waals surface area contributed by atoms with Crippen molar-refractivity contribution in [2.75, 3.05) is 0 Å². The van der Waals surface area contributed by atoms with Crippen LogP contribution in [-0.4, -0.2) is 5.11 Å². The standard InChI is InChI=1S/C13H12O.C4H9.Zr/c14-13(11-7-3-1-4-8-11)12-9-5-2-6-10-12;1-3-4-2;/h1-10,13-14H;1,3-4H2,2H3;/q;-1;. The molecule has 0 saturated heterocycles. The number of rotatable bonds is 3. The minimum atomic E-state index is -0.516. The van der Waals surface area contributed by atoms with Gasteiger partial charge in [0.1, 0.15) is 6.10 Å². The molecule has 0 fully saturated rings. The summed E-state index contributed by atoms with van der Waals surface area (Å²) in [4.78, 5) is 0. The maximum atomic E-state index is 9.99. The van der Waals surface area contributed by atoms with Gasteiger partial charge in [0.2, 0.25) is 0 Å². The summed E-state index contributed by atoms with van der Waals surface area (Å²) in [7, 11) is 0. The van der Waals surface area contributed by atoms with Gasteiger partial charge < -0.3 is 12.0 Å². The average molecular weight is 333 g/mol. The summed E-state index contributed by atoms with van der Waals surface area (Å²) < 4.78 is 0. The van der Waals surface area contributed by atoms with Crippen molar-refractivity contribution in [3.63, 3.8) is 0 Å². The first-order valence-corrected chi connectivity index (χ1v) is 6.36. The summed E-state index contributed by atoms with van der Waals surface area (Å²) >= 11 is 0. The van der Waals surface area contributed by atoms with Crippen LogP contribution in [0, 0.1) is 6.92 Å². The van der Waals surface area contributed by atoms with Gasteiger partial charge in [-0.05, 0) is 11.1 Å². The van der Waals surface area contributed by atoms with E-state index in [-0.39, 0.29) is 26.2 Å². The minimum Gasteiger partial charge on any atom is -0.384 e. The molecule has 1 N–H and O–H groups in total. The van der Waals surface area contributed by atoms with Crippen molar-refractivity contribution < 1.29 is 31.3 Å². The summed E-state index contributed by atoms with van der Waals surface area (Å²) in [6, 6.07) is 19.3. The molecule has 19 heavy (non-hydrogen) atoms. The predicted molar refractivity (Wildman–Crippen MR) is 77.2 cm³/mol. The smallest absolute Gasteiger partial charge is 0.104 e. The predicted octanol–water partition coefficient (Wildman–Crippen LogP) is 4.39. The molecule has 2 aromatic carbocycles. The van der Waals surface area contributed by atoms with Crippen LogP contribution < -0.4 is 0 Å². The zero-order valence-electron chi connectivity index (χ0n) is 11.4. The van der Waals surface area contributed by atoms with Crippen LogP contribution in [-0.2, 0) is 26.2 Å². The van der Waals surface area contributed by atoms with Crippen molar-refractivity contribution in [1.82, 2.24) is 0 Å². The van der Waals surface area contributed by atoms with Gasteiger partial charge in [0, 0.05) is 26.2 Å². The van der Waals surface area contributed by atoms with Gasteiger partial charge in [0.25, 0.3) is 0 Å². The maximum Gasteiger partial charge on any atom is 0.104 e. The Morgan fingerprint density at radius 1 is 0.895 bits per heavy atom. The Kier molecular flexibility index (Phi) is 10.7. The van der Waals surface area contributed by atoms with Crippen molar-refractivity contribution in [3.05, 3.63) is 78.7 Å². The minimum absolute atomic E-state index is 0. The molecule has 0 aliphatic carbocycles. The first kappa shape index (κ1) is 18.3. The second kappa shape index (κ2) is 11.1. The Labute approximate surface area is 135 Å². The molecule has 0 atom stereocenters. The Bertz CT molecular complexity index is 372. The van der Waals surface area contributed by atoms with Gasteiger partial charge in [-0.2, -0.15) is 6.42 Å². The van der Waals surface area contributed by atoms with Gasteiger partial charge >= 0.3 is 0 Å². The second-order valence-corrected chi connectivity index (χ2v) is 4.08. The fraction of sp³-hybridized carbons (Fsp3) is 0.235. The molecule has 2 heteroatoms. The Morgan fingerprint density at radius 2 is 1.21 bits per heavy atom. The number of benzene rings is 2. The van der Waals surface area contributed by atoms with Gasteiger partial charge in [0.15, 0.2) is 0 Å². The molecule has 2 aromatic rings. The summed E-state index contributed by atoms with van der Waals surface area (Å²) in [5.41, 5.74) is 1.86. The van der Waals surface area contributed by atoms with Crippen LogP contribution in [0.5, 0.6) is 0 Å². The molecule has 0 heterocycles. The van der Waals surface area contributed by atoms with Gasteiger partial charge in [-0.3, -0.25) is 0 Å². The van der Waals surface area contributed by atoms with Crippen molar-refractivity contribution in [2.45, 2.75) is 25.9 Å². The topological polar surface area (TPSA) is 20.2 Å². The van der Waals surface area contributed by atoms with Crippen LogP contribution in [0.15, 0.2) is 60.7 Å². The Hall–Kier alpha value is -0.717. The quantitative estimate of drug-likeness (QED) is 0.827. The molecule has 0 unspecified atom stereocenters. The second-order valence-electron chi connectivity index (χ2n) is 4.08. The molecule has 100 valence electrons. The third-order valence-corrected chi connectivity index (χ3v) is 2.58. The van der Waals surface area contributed by atoms with Crippen molar-refractivity contribution >= 4 is 0 Å². The molecule has 0 aliphatic heterocycles. The van der Waals surface area contributed by atoms with Gasteiger partial charge in [0.05, 0.1) is 0 Å². The van der Waals surface area contributed by atoms with Gasteiger partial charge in [-0.15, -0.1) is 0 Å². The van der Waals surface area contributed by atoms with Crippen LogP contribution in [0.4, 0.5) is 0 Å². The SMILES string of the molecule is OC(c1ccccc1)c1ccccc1.[CH2-]CCC.[Zr]. The fourth-order valence-corrected chi connectivity index (χ4v) is 1.46. The van der Waals surface area contributed by atoms with Crippen LogP contribution in [0.3, 0.4) is 0 Å². The summed E-state index contributed by atoms with van der Waals surface area (Å²) in [5.74, 6) is 0. The number of aliphatic hydroxyl groups is 1. The zero-order chi connectivity index (χ0) is 13.2. The Balaban J connectivity index is 0.000000576. The first-order chi connectivity index (χ1) is 8.79. The number of unbranched alkanes of at least 4 members (excludes halogenated alkanes) is 1. The summed E-state index contributed by atoms with van der Waals surface area (Å²) in [6.07, 6.45) is 1.76. The molecule has 0 radical (unpaired) electrons. The van der Waals surface area contributed by atoms with Crippen LogP contribution in [0.1, 0.15) is 37.0 Å². The molecule has 0 spiro atoms. The monoisotopic (exact) mass is 331 g/mol. The van der Waals surface area contributed by atoms with Crippen molar-refractivity contribution in [1.29, 1.82) is 0 Å². The molecule has 1 nitrogen and oxygen atoms in total. The molecule has 0 aliphatic rings. The molecule has 0 amide bonds. The number of hydrogen-bond acceptors (Lipinski definition) is 1. The Morgan fingerprint density at radius 3 is 1.47 bits per heavy atom. The van der Waals surface area contributed by atoms with E-state index in [1.165, 1.54) is 6.42 Å². The molecule has 0 bridgehead atoms. The third-order valence-electron chi connectivity index (χ3n) is 2.58. The number of hydrogen-bond donors (Lipinski definition) is 1. The van der Waals surface area contributed by atoms with E-state index in [1.54, 1.807) is 0 Å². The molecule has 0 saturated carbocycles. The van der Waals surface area contributed by atoms with Crippen molar-refractivity contribution in [3.8, 4) is 0 Å². The molecule has 2 rings (SSSR count). The summed E-state index contributed by atoms with van der Waals surface area (Å²) in [6.45, 7) is 5.72. The van der Waals surface area contributed by atoms with Crippen LogP contribution >= 0.6 is 0 Å². The van der Waals surface area contributed by atoms with E-state index >= 15 is 0 Å². The number of aliphatic hydroxyl groups excluding tert-OH is 1. The molecule has 0 aromatic heterocycles. The van der Waals surface area contributed by atoms with E-state index in [4.69, 9.17) is 0 Å². The van der Waals surface area contributed by atoms with Crippen LogP contribution in [0.25, 0.3) is 0 Å². The van der Waals surface area contributed by atoms with E-state index in [0.29, 0.717) is 0 Å².